The Hall–Kier alpha value is -1.30. The minimum absolute atomic E-state index is 0.266. The number of amides is 2. The number of urea groups is 1. The predicted molar refractivity (Wildman–Crippen MR) is 66.4 cm³/mol. The number of carbonyl (C=O) groups is 2. The van der Waals surface area contributed by atoms with Gasteiger partial charge in [-0.05, 0) is 12.3 Å². The highest BCUT2D eigenvalue weighted by Crippen LogP contribution is 2.28. The summed E-state index contributed by atoms with van der Waals surface area (Å²) in [6, 6.07) is -1.31. The molecule has 1 aliphatic carbocycles. The third-order valence-corrected chi connectivity index (χ3v) is 3.28. The van der Waals surface area contributed by atoms with Gasteiger partial charge >= 0.3 is 12.0 Å². The van der Waals surface area contributed by atoms with Crippen molar-refractivity contribution < 1.29 is 19.4 Å². The first-order chi connectivity index (χ1) is 8.63. The van der Waals surface area contributed by atoms with Gasteiger partial charge in [-0.2, -0.15) is 0 Å². The van der Waals surface area contributed by atoms with E-state index in [1.54, 1.807) is 0 Å². The highest BCUT2D eigenvalue weighted by Gasteiger charge is 2.20. The molecule has 0 aliphatic heterocycles. The van der Waals surface area contributed by atoms with Crippen LogP contribution in [0.3, 0.4) is 0 Å². The average molecular weight is 258 g/mol. The summed E-state index contributed by atoms with van der Waals surface area (Å²) in [4.78, 5) is 22.4. The lowest BCUT2D eigenvalue weighted by Crippen LogP contribution is -2.46. The molecule has 0 spiro atoms. The largest absolute Gasteiger partial charge is 0.480 e. The molecule has 0 saturated heterocycles. The van der Waals surface area contributed by atoms with Gasteiger partial charge in [0.2, 0.25) is 0 Å². The van der Waals surface area contributed by atoms with E-state index < -0.39 is 18.0 Å². The van der Waals surface area contributed by atoms with Crippen molar-refractivity contribution in [2.75, 3.05) is 20.3 Å². The second kappa shape index (κ2) is 7.92. The quantitative estimate of drug-likeness (QED) is 0.605. The Morgan fingerprint density at radius 1 is 1.44 bits per heavy atom. The van der Waals surface area contributed by atoms with E-state index in [1.807, 2.05) is 0 Å². The van der Waals surface area contributed by atoms with Crippen LogP contribution >= 0.6 is 0 Å². The van der Waals surface area contributed by atoms with Gasteiger partial charge in [-0.25, -0.2) is 9.59 Å². The van der Waals surface area contributed by atoms with Crippen LogP contribution in [0.2, 0.25) is 0 Å². The molecular formula is C12H22N2O4. The zero-order valence-corrected chi connectivity index (χ0v) is 10.8. The molecular weight excluding hydrogens is 236 g/mol. The molecule has 1 saturated carbocycles. The van der Waals surface area contributed by atoms with Crippen molar-refractivity contribution in [2.45, 2.75) is 38.1 Å². The molecule has 1 unspecified atom stereocenters. The van der Waals surface area contributed by atoms with E-state index in [0.29, 0.717) is 13.2 Å². The van der Waals surface area contributed by atoms with Gasteiger partial charge in [0, 0.05) is 26.7 Å². The fraction of sp³-hybridized carbons (Fsp3) is 0.833. The topological polar surface area (TPSA) is 87.7 Å². The number of carbonyl (C=O) groups excluding carboxylic acids is 1. The predicted octanol–water partition coefficient (Wildman–Crippen LogP) is 0.965. The molecule has 0 radical (unpaired) electrons. The molecule has 18 heavy (non-hydrogen) atoms. The molecule has 0 bridgehead atoms. The maximum absolute atomic E-state index is 11.5. The Bertz CT molecular complexity index is 279. The van der Waals surface area contributed by atoms with Gasteiger partial charge in [-0.3, -0.25) is 0 Å². The molecule has 6 heteroatoms. The third kappa shape index (κ3) is 5.35. The molecule has 6 nitrogen and oxygen atoms in total. The summed E-state index contributed by atoms with van der Waals surface area (Å²) in [5.74, 6) is -0.310. The summed E-state index contributed by atoms with van der Waals surface area (Å²) in [7, 11) is 1.50. The molecule has 1 aliphatic rings. The number of hydrogen-bond donors (Lipinski definition) is 3. The first kappa shape index (κ1) is 14.8. The number of rotatable bonds is 8. The van der Waals surface area contributed by atoms with E-state index in [-0.39, 0.29) is 6.42 Å². The lowest BCUT2D eigenvalue weighted by atomic mass is 9.83. The molecule has 1 rings (SSSR count). The number of nitrogens with one attached hydrogen (secondary N) is 2. The molecule has 1 atom stereocenters. The zero-order chi connectivity index (χ0) is 13.4. The molecule has 3 N–H and O–H groups in total. The van der Waals surface area contributed by atoms with Gasteiger partial charge in [0.25, 0.3) is 0 Å². The van der Waals surface area contributed by atoms with Crippen LogP contribution in [0.4, 0.5) is 4.79 Å². The number of carboxylic acids is 1. The minimum Gasteiger partial charge on any atom is -0.480 e. The first-order valence-electron chi connectivity index (χ1n) is 6.39. The number of hydrogen-bond acceptors (Lipinski definition) is 3. The fourth-order valence-corrected chi connectivity index (χ4v) is 1.87. The summed E-state index contributed by atoms with van der Waals surface area (Å²) in [5, 5.41) is 14.0. The second-order valence-corrected chi connectivity index (χ2v) is 4.66. The Labute approximate surface area is 107 Å². The highest BCUT2D eigenvalue weighted by molar-refractivity contribution is 5.82. The van der Waals surface area contributed by atoms with Gasteiger partial charge < -0.3 is 20.5 Å². The van der Waals surface area contributed by atoms with Gasteiger partial charge in [0.05, 0.1) is 0 Å². The maximum Gasteiger partial charge on any atom is 0.326 e. The van der Waals surface area contributed by atoms with Gasteiger partial charge in [-0.1, -0.05) is 19.3 Å². The Morgan fingerprint density at radius 3 is 2.67 bits per heavy atom. The number of ether oxygens (including phenoxy) is 1. The van der Waals surface area contributed by atoms with Crippen molar-refractivity contribution in [3.63, 3.8) is 0 Å². The number of methoxy groups -OCH3 is 1. The third-order valence-electron chi connectivity index (χ3n) is 3.28. The lowest BCUT2D eigenvalue weighted by Gasteiger charge is -2.25. The SMILES string of the molecule is COCCC(NC(=O)NCCC1CCC1)C(=O)O. The molecule has 2 amide bonds. The first-order valence-corrected chi connectivity index (χ1v) is 6.39. The van der Waals surface area contributed by atoms with Crippen molar-refractivity contribution in [1.29, 1.82) is 0 Å². The average Bonchev–Trinajstić information content (AvgIpc) is 2.27. The standard InChI is InChI=1S/C12H22N2O4/c1-18-8-6-10(11(15)16)14-12(17)13-7-5-9-3-2-4-9/h9-10H,2-8H2,1H3,(H,15,16)(H2,13,14,17). The number of carboxylic acid groups (broad SMARTS) is 1. The van der Waals surface area contributed by atoms with E-state index in [4.69, 9.17) is 9.84 Å². The van der Waals surface area contributed by atoms with Crippen LogP contribution < -0.4 is 10.6 Å². The molecule has 0 aromatic carbocycles. The van der Waals surface area contributed by atoms with Crippen molar-refractivity contribution >= 4 is 12.0 Å². The fourth-order valence-electron chi connectivity index (χ4n) is 1.87. The van der Waals surface area contributed by atoms with Crippen molar-refractivity contribution in [2.24, 2.45) is 5.92 Å². The normalized spacial score (nSPS) is 16.7. The van der Waals surface area contributed by atoms with Crippen LogP contribution in [-0.2, 0) is 9.53 Å². The van der Waals surface area contributed by atoms with Crippen LogP contribution in [0.5, 0.6) is 0 Å². The molecule has 1 fully saturated rings. The van der Waals surface area contributed by atoms with Crippen molar-refractivity contribution in [1.82, 2.24) is 10.6 Å². The van der Waals surface area contributed by atoms with E-state index in [0.717, 1.165) is 12.3 Å². The van der Waals surface area contributed by atoms with Crippen LogP contribution in [0.1, 0.15) is 32.1 Å². The molecule has 0 aromatic rings. The van der Waals surface area contributed by atoms with E-state index in [2.05, 4.69) is 10.6 Å². The lowest BCUT2D eigenvalue weighted by molar-refractivity contribution is -0.139. The maximum atomic E-state index is 11.5. The van der Waals surface area contributed by atoms with Gasteiger partial charge in [0.1, 0.15) is 6.04 Å². The summed E-state index contributed by atoms with van der Waals surface area (Å²) in [6.07, 6.45) is 5.02. The molecule has 0 heterocycles. The minimum atomic E-state index is -1.04. The monoisotopic (exact) mass is 258 g/mol. The van der Waals surface area contributed by atoms with Crippen LogP contribution in [-0.4, -0.2) is 43.4 Å². The Morgan fingerprint density at radius 2 is 2.17 bits per heavy atom. The summed E-state index contributed by atoms with van der Waals surface area (Å²) in [6.45, 7) is 0.909. The molecule has 104 valence electrons. The van der Waals surface area contributed by atoms with Crippen molar-refractivity contribution in [3.05, 3.63) is 0 Å². The Balaban J connectivity index is 2.16. The summed E-state index contributed by atoms with van der Waals surface area (Å²) < 4.78 is 4.80. The van der Waals surface area contributed by atoms with E-state index >= 15 is 0 Å². The van der Waals surface area contributed by atoms with Crippen LogP contribution in [0.25, 0.3) is 0 Å². The smallest absolute Gasteiger partial charge is 0.326 e. The van der Waals surface area contributed by atoms with Crippen LogP contribution in [0, 0.1) is 5.92 Å². The van der Waals surface area contributed by atoms with Crippen LogP contribution in [0.15, 0.2) is 0 Å². The highest BCUT2D eigenvalue weighted by atomic mass is 16.5. The van der Waals surface area contributed by atoms with Gasteiger partial charge in [0.15, 0.2) is 0 Å². The molecule has 0 aromatic heterocycles. The van der Waals surface area contributed by atoms with Gasteiger partial charge in [-0.15, -0.1) is 0 Å². The van der Waals surface area contributed by atoms with E-state index in [9.17, 15) is 9.59 Å². The van der Waals surface area contributed by atoms with E-state index in [1.165, 1.54) is 26.4 Å². The Kier molecular flexibility index (Phi) is 6.49. The summed E-state index contributed by atoms with van der Waals surface area (Å²) in [5.41, 5.74) is 0. The van der Waals surface area contributed by atoms with Crippen molar-refractivity contribution in [3.8, 4) is 0 Å². The number of aliphatic carboxylic acids is 1. The zero-order valence-electron chi connectivity index (χ0n) is 10.8. The second-order valence-electron chi connectivity index (χ2n) is 4.66. The summed E-state index contributed by atoms with van der Waals surface area (Å²) >= 11 is 0.